The average molecular weight is 669 g/mol. The summed E-state index contributed by atoms with van der Waals surface area (Å²) in [5.41, 5.74) is 0.344. The van der Waals surface area contributed by atoms with Gasteiger partial charge in [0.25, 0.3) is 0 Å². The van der Waals surface area contributed by atoms with Crippen molar-refractivity contribution in [3.05, 3.63) is 120 Å². The fourth-order valence-corrected chi connectivity index (χ4v) is 3.86. The number of ether oxygens (including phenoxy) is 5. The van der Waals surface area contributed by atoms with E-state index in [0.29, 0.717) is 0 Å². The quantitative estimate of drug-likeness (QED) is 0.110. The van der Waals surface area contributed by atoms with Crippen molar-refractivity contribution in [3.8, 4) is 39.9 Å². The van der Waals surface area contributed by atoms with Crippen molar-refractivity contribution in [1.29, 1.82) is 0 Å². The molecule has 49 heavy (non-hydrogen) atoms. The molecule has 0 saturated heterocycles. The van der Waals surface area contributed by atoms with Crippen molar-refractivity contribution >= 4 is 35.9 Å². The topological polar surface area (TPSA) is 132 Å². The van der Waals surface area contributed by atoms with Gasteiger partial charge in [-0.25, -0.2) is 28.4 Å². The zero-order chi connectivity index (χ0) is 36.6. The molecule has 0 aliphatic heterocycles. The van der Waals surface area contributed by atoms with Crippen LogP contribution in [0.5, 0.6) is 28.7 Å². The van der Waals surface area contributed by atoms with E-state index in [1.807, 2.05) is 0 Å². The smallest absolute Gasteiger partial charge is 0.338 e. The van der Waals surface area contributed by atoms with Crippen LogP contribution in [0.3, 0.4) is 0 Å². The zero-order valence-corrected chi connectivity index (χ0v) is 27.6. The van der Waals surface area contributed by atoms with Gasteiger partial charge in [0, 0.05) is 39.5 Å². The number of esters is 5. The van der Waals surface area contributed by atoms with Crippen molar-refractivity contribution in [2.24, 2.45) is 0 Å². The third kappa shape index (κ3) is 9.58. The van der Waals surface area contributed by atoms with Crippen molar-refractivity contribution in [3.63, 3.8) is 0 Å². The van der Waals surface area contributed by atoms with Crippen LogP contribution in [0.1, 0.15) is 38.8 Å². The molecule has 0 spiro atoms. The SMILES string of the molecule is C=C(C)C(=O)Oc1ccc(OC(=O)/C=C/c2c(F)c(OC(=O)C(=C)C)c(-c3ccc(OC(=O)C(=C)C)cc3)c(C)c2OC(=O)C(=C)C)cc1. The first-order chi connectivity index (χ1) is 23.0. The fourth-order valence-electron chi connectivity index (χ4n) is 3.86. The minimum atomic E-state index is -1.16. The van der Waals surface area contributed by atoms with E-state index >= 15 is 4.39 Å². The van der Waals surface area contributed by atoms with E-state index < -0.39 is 47.0 Å². The number of hydrogen-bond donors (Lipinski definition) is 0. The predicted octanol–water partition coefficient (Wildman–Crippen LogP) is 7.35. The summed E-state index contributed by atoms with van der Waals surface area (Å²) in [5.74, 6) is -5.70. The van der Waals surface area contributed by atoms with Crippen LogP contribution in [0.15, 0.2) is 103 Å². The maximum Gasteiger partial charge on any atom is 0.338 e. The molecule has 11 heteroatoms. The van der Waals surface area contributed by atoms with Gasteiger partial charge < -0.3 is 23.7 Å². The van der Waals surface area contributed by atoms with E-state index in [1.54, 1.807) is 0 Å². The van der Waals surface area contributed by atoms with Crippen LogP contribution in [0.4, 0.5) is 4.39 Å². The summed E-state index contributed by atoms with van der Waals surface area (Å²) < 4.78 is 43.1. The highest BCUT2D eigenvalue weighted by Gasteiger charge is 2.28. The molecule has 0 atom stereocenters. The second kappa shape index (κ2) is 16.0. The summed E-state index contributed by atoms with van der Waals surface area (Å²) in [6.45, 7) is 21.4. The number of carbonyl (C=O) groups excluding carboxylic acids is 5. The maximum absolute atomic E-state index is 16.5. The Bertz CT molecular complexity index is 1930. The van der Waals surface area contributed by atoms with Crippen LogP contribution in [0, 0.1) is 12.7 Å². The lowest BCUT2D eigenvalue weighted by Crippen LogP contribution is -2.15. The van der Waals surface area contributed by atoms with Crippen LogP contribution in [0.25, 0.3) is 17.2 Å². The molecule has 0 saturated carbocycles. The Balaban J connectivity index is 2.12. The highest BCUT2D eigenvalue weighted by atomic mass is 19.1. The van der Waals surface area contributed by atoms with E-state index in [2.05, 4.69) is 26.3 Å². The van der Waals surface area contributed by atoms with Gasteiger partial charge in [-0.2, -0.15) is 0 Å². The molecular formula is C38H33FO10. The average Bonchev–Trinajstić information content (AvgIpc) is 3.04. The van der Waals surface area contributed by atoms with E-state index in [9.17, 15) is 24.0 Å². The monoisotopic (exact) mass is 668 g/mol. The van der Waals surface area contributed by atoms with Crippen molar-refractivity contribution in [2.45, 2.75) is 34.6 Å². The van der Waals surface area contributed by atoms with Crippen molar-refractivity contribution in [1.82, 2.24) is 0 Å². The Labute approximate surface area is 282 Å². The van der Waals surface area contributed by atoms with E-state index in [1.165, 1.54) is 83.1 Å². The molecule has 3 rings (SSSR count). The largest absolute Gasteiger partial charge is 0.423 e. The minimum absolute atomic E-state index is 0.00505. The lowest BCUT2D eigenvalue weighted by Gasteiger charge is -2.20. The van der Waals surface area contributed by atoms with Gasteiger partial charge in [-0.15, -0.1) is 0 Å². The van der Waals surface area contributed by atoms with Gasteiger partial charge in [-0.05, 0) is 82.7 Å². The number of rotatable bonds is 12. The van der Waals surface area contributed by atoms with Gasteiger partial charge in [0.15, 0.2) is 11.6 Å². The highest BCUT2D eigenvalue weighted by molar-refractivity contribution is 5.95. The van der Waals surface area contributed by atoms with Gasteiger partial charge in [-0.1, -0.05) is 38.4 Å². The van der Waals surface area contributed by atoms with E-state index in [4.69, 9.17) is 23.7 Å². The van der Waals surface area contributed by atoms with Crippen LogP contribution in [-0.4, -0.2) is 29.8 Å². The third-order valence-electron chi connectivity index (χ3n) is 6.40. The van der Waals surface area contributed by atoms with E-state index in [-0.39, 0.29) is 62.0 Å². The Morgan fingerprint density at radius 3 is 1.37 bits per heavy atom. The highest BCUT2D eigenvalue weighted by Crippen LogP contribution is 2.45. The first-order valence-corrected chi connectivity index (χ1v) is 14.5. The first-order valence-electron chi connectivity index (χ1n) is 14.5. The molecule has 0 aromatic heterocycles. The molecule has 0 aliphatic rings. The fraction of sp³-hybridized carbons (Fsp3) is 0.132. The predicted molar refractivity (Wildman–Crippen MR) is 179 cm³/mol. The van der Waals surface area contributed by atoms with Gasteiger partial charge >= 0.3 is 29.8 Å². The second-order valence-corrected chi connectivity index (χ2v) is 10.8. The Morgan fingerprint density at radius 2 is 0.939 bits per heavy atom. The molecule has 0 N–H and O–H groups in total. The molecule has 0 fully saturated rings. The maximum atomic E-state index is 16.5. The molecule has 0 radical (unpaired) electrons. The zero-order valence-electron chi connectivity index (χ0n) is 27.6. The van der Waals surface area contributed by atoms with Gasteiger partial charge in [-0.3, -0.25) is 0 Å². The van der Waals surface area contributed by atoms with E-state index in [0.717, 1.165) is 12.2 Å². The molecule has 0 heterocycles. The summed E-state index contributed by atoms with van der Waals surface area (Å²) in [6, 6.07) is 11.3. The molecule has 10 nitrogen and oxygen atoms in total. The molecule has 3 aromatic rings. The van der Waals surface area contributed by atoms with Gasteiger partial charge in [0.05, 0.1) is 5.56 Å². The molecule has 0 bridgehead atoms. The number of halogens is 1. The molecular weight excluding hydrogens is 635 g/mol. The summed E-state index contributed by atoms with van der Waals surface area (Å²) in [5, 5.41) is 0. The number of benzene rings is 3. The van der Waals surface area contributed by atoms with Crippen molar-refractivity contribution < 1.29 is 52.0 Å². The third-order valence-corrected chi connectivity index (χ3v) is 6.40. The Kier molecular flexibility index (Phi) is 12.1. The first kappa shape index (κ1) is 37.1. The molecule has 252 valence electrons. The number of carbonyl (C=O) groups is 5. The summed E-state index contributed by atoms with van der Waals surface area (Å²) in [7, 11) is 0. The normalized spacial score (nSPS) is 10.5. The Morgan fingerprint density at radius 1 is 0.571 bits per heavy atom. The summed E-state index contributed by atoms with van der Waals surface area (Å²) in [6.07, 6.45) is 1.87. The van der Waals surface area contributed by atoms with Crippen LogP contribution in [0.2, 0.25) is 0 Å². The van der Waals surface area contributed by atoms with Gasteiger partial charge in [0.2, 0.25) is 0 Å². The molecule has 0 amide bonds. The van der Waals surface area contributed by atoms with Crippen LogP contribution < -0.4 is 23.7 Å². The standard InChI is InChI=1S/C38H33FO10/c1-20(2)35(41)46-27-12-10-25(11-13-27)31-24(9)33(48-37(43)22(5)6)29(32(39)34(31)49-38(44)23(7)8)18-19-30(40)45-26-14-16-28(17-15-26)47-36(42)21(3)4/h10-19H,1,3,5,7H2,2,4,6,8-9H3/b19-18+. The second-order valence-electron chi connectivity index (χ2n) is 10.8. The summed E-state index contributed by atoms with van der Waals surface area (Å²) in [4.78, 5) is 61.8. The Hall–Kier alpha value is -6.36. The summed E-state index contributed by atoms with van der Waals surface area (Å²) >= 11 is 0. The van der Waals surface area contributed by atoms with Crippen LogP contribution >= 0.6 is 0 Å². The van der Waals surface area contributed by atoms with Crippen LogP contribution in [-0.2, 0) is 24.0 Å². The minimum Gasteiger partial charge on any atom is -0.423 e. The van der Waals surface area contributed by atoms with Gasteiger partial charge in [0.1, 0.15) is 23.0 Å². The molecule has 0 aliphatic carbocycles. The van der Waals surface area contributed by atoms with Crippen molar-refractivity contribution in [2.75, 3.05) is 0 Å². The molecule has 3 aromatic carbocycles. The lowest BCUT2D eigenvalue weighted by atomic mass is 9.94. The molecule has 0 unspecified atom stereocenters. The lowest BCUT2D eigenvalue weighted by molar-refractivity contribution is -0.131. The number of hydrogen-bond acceptors (Lipinski definition) is 10.